The molecule has 0 bridgehead atoms. The van der Waals surface area contributed by atoms with Gasteiger partial charge in [0.25, 0.3) is 0 Å². The molecule has 3 nitrogen and oxygen atoms in total. The van der Waals surface area contributed by atoms with Crippen molar-refractivity contribution < 1.29 is 0 Å². The van der Waals surface area contributed by atoms with Gasteiger partial charge in [0, 0.05) is 17.0 Å². The molecule has 1 N–H and O–H groups in total. The van der Waals surface area contributed by atoms with Gasteiger partial charge in [-0.1, -0.05) is 36.4 Å². The fourth-order valence-electron chi connectivity index (χ4n) is 1.84. The third kappa shape index (κ3) is 3.73. The molecule has 1 aromatic carbocycles. The monoisotopic (exact) mass is 287 g/mol. The maximum absolute atomic E-state index is 4.57. The second-order valence-electron chi connectivity index (χ2n) is 4.89. The topological polar surface area (TPSA) is 37.8 Å². The minimum absolute atomic E-state index is 0.809. The lowest BCUT2D eigenvalue weighted by atomic mass is 10.2. The SMILES string of the molecule is CCCNc1nc(C)nc(Sc2ccc(C)cc2)c1C. The van der Waals surface area contributed by atoms with Crippen molar-refractivity contribution in [2.45, 2.75) is 44.0 Å². The van der Waals surface area contributed by atoms with E-state index in [-0.39, 0.29) is 0 Å². The van der Waals surface area contributed by atoms with E-state index >= 15 is 0 Å². The molecule has 2 aromatic rings. The van der Waals surface area contributed by atoms with Gasteiger partial charge in [-0.2, -0.15) is 0 Å². The first kappa shape index (κ1) is 14.9. The maximum Gasteiger partial charge on any atom is 0.133 e. The van der Waals surface area contributed by atoms with E-state index in [0.717, 1.165) is 35.2 Å². The molecule has 0 fully saturated rings. The van der Waals surface area contributed by atoms with Crippen molar-refractivity contribution in [2.24, 2.45) is 0 Å². The smallest absolute Gasteiger partial charge is 0.133 e. The van der Waals surface area contributed by atoms with Gasteiger partial charge in [-0.05, 0) is 39.3 Å². The normalized spacial score (nSPS) is 10.6. The summed E-state index contributed by atoms with van der Waals surface area (Å²) >= 11 is 1.69. The van der Waals surface area contributed by atoms with Crippen LogP contribution in [0.5, 0.6) is 0 Å². The molecule has 4 heteroatoms. The highest BCUT2D eigenvalue weighted by Crippen LogP contribution is 2.31. The van der Waals surface area contributed by atoms with Gasteiger partial charge in [0.1, 0.15) is 16.7 Å². The second kappa shape index (κ2) is 6.75. The van der Waals surface area contributed by atoms with Crippen LogP contribution in [0.3, 0.4) is 0 Å². The number of hydrogen-bond donors (Lipinski definition) is 1. The van der Waals surface area contributed by atoms with Gasteiger partial charge in [-0.3, -0.25) is 0 Å². The molecule has 0 aliphatic rings. The van der Waals surface area contributed by atoms with Crippen molar-refractivity contribution in [1.29, 1.82) is 0 Å². The van der Waals surface area contributed by atoms with Crippen LogP contribution in [-0.2, 0) is 0 Å². The van der Waals surface area contributed by atoms with E-state index < -0.39 is 0 Å². The molecule has 0 atom stereocenters. The van der Waals surface area contributed by atoms with Crippen LogP contribution in [0.25, 0.3) is 0 Å². The van der Waals surface area contributed by atoms with E-state index in [1.54, 1.807) is 11.8 Å². The first-order chi connectivity index (χ1) is 9.60. The van der Waals surface area contributed by atoms with Crippen LogP contribution >= 0.6 is 11.8 Å². The van der Waals surface area contributed by atoms with Gasteiger partial charge in [-0.15, -0.1) is 0 Å². The molecule has 1 heterocycles. The lowest BCUT2D eigenvalue weighted by molar-refractivity contribution is 0.908. The van der Waals surface area contributed by atoms with Crippen LogP contribution in [0.2, 0.25) is 0 Å². The summed E-state index contributed by atoms with van der Waals surface area (Å²) in [7, 11) is 0. The minimum Gasteiger partial charge on any atom is -0.370 e. The minimum atomic E-state index is 0.809. The van der Waals surface area contributed by atoms with Crippen molar-refractivity contribution >= 4 is 17.6 Å². The first-order valence-corrected chi connectivity index (χ1v) is 7.75. The Morgan fingerprint density at radius 3 is 2.40 bits per heavy atom. The van der Waals surface area contributed by atoms with E-state index in [9.17, 15) is 0 Å². The lowest BCUT2D eigenvalue weighted by Crippen LogP contribution is -2.07. The highest BCUT2D eigenvalue weighted by atomic mass is 32.2. The molecule has 1 aromatic heterocycles. The molecule has 0 spiro atoms. The fourth-order valence-corrected chi connectivity index (χ4v) is 2.76. The molecule has 0 saturated carbocycles. The summed E-state index contributed by atoms with van der Waals surface area (Å²) < 4.78 is 0. The zero-order valence-corrected chi connectivity index (χ0v) is 13.3. The number of benzene rings is 1. The summed E-state index contributed by atoms with van der Waals surface area (Å²) in [5.74, 6) is 1.76. The molecular weight excluding hydrogens is 266 g/mol. The van der Waals surface area contributed by atoms with Gasteiger partial charge in [0.2, 0.25) is 0 Å². The Kier molecular flexibility index (Phi) is 5.01. The van der Waals surface area contributed by atoms with E-state index in [0.29, 0.717) is 0 Å². The van der Waals surface area contributed by atoms with Crippen LogP contribution in [-0.4, -0.2) is 16.5 Å². The number of anilines is 1. The summed E-state index contributed by atoms with van der Waals surface area (Å²) in [6.07, 6.45) is 1.09. The molecule has 20 heavy (non-hydrogen) atoms. The highest BCUT2D eigenvalue weighted by Gasteiger charge is 2.10. The van der Waals surface area contributed by atoms with E-state index in [1.165, 1.54) is 10.5 Å². The van der Waals surface area contributed by atoms with Crippen molar-refractivity contribution in [3.8, 4) is 0 Å². The van der Waals surface area contributed by atoms with Crippen LogP contribution < -0.4 is 5.32 Å². The van der Waals surface area contributed by atoms with Crippen LogP contribution in [0.4, 0.5) is 5.82 Å². The molecule has 0 saturated heterocycles. The zero-order valence-electron chi connectivity index (χ0n) is 12.5. The molecular formula is C16H21N3S. The van der Waals surface area contributed by atoms with Crippen molar-refractivity contribution in [2.75, 3.05) is 11.9 Å². The highest BCUT2D eigenvalue weighted by molar-refractivity contribution is 7.99. The number of aryl methyl sites for hydroxylation is 2. The molecule has 0 amide bonds. The number of nitrogens with one attached hydrogen (secondary N) is 1. The second-order valence-corrected chi connectivity index (χ2v) is 5.95. The molecule has 0 aliphatic carbocycles. The Labute approximate surface area is 125 Å². The summed E-state index contributed by atoms with van der Waals surface area (Å²) in [6, 6.07) is 8.52. The quantitative estimate of drug-likeness (QED) is 0.828. The standard InChI is InChI=1S/C16H21N3S/c1-5-10-17-15-12(3)16(19-13(4)18-15)20-14-8-6-11(2)7-9-14/h6-9H,5,10H2,1-4H3,(H,17,18,19). The van der Waals surface area contributed by atoms with Gasteiger partial charge in [-0.25, -0.2) is 9.97 Å². The first-order valence-electron chi connectivity index (χ1n) is 6.93. The Morgan fingerprint density at radius 1 is 1.05 bits per heavy atom. The van der Waals surface area contributed by atoms with E-state index in [1.807, 2.05) is 6.92 Å². The maximum atomic E-state index is 4.57. The van der Waals surface area contributed by atoms with Gasteiger partial charge >= 0.3 is 0 Å². The third-order valence-electron chi connectivity index (χ3n) is 2.99. The lowest BCUT2D eigenvalue weighted by Gasteiger charge is -2.12. The zero-order chi connectivity index (χ0) is 14.5. The van der Waals surface area contributed by atoms with Crippen LogP contribution in [0.15, 0.2) is 34.2 Å². The summed E-state index contributed by atoms with van der Waals surface area (Å²) in [6.45, 7) is 9.20. The number of nitrogens with zero attached hydrogens (tertiary/aromatic N) is 2. The predicted octanol–water partition coefficient (Wildman–Crippen LogP) is 4.37. The van der Waals surface area contributed by atoms with Gasteiger partial charge < -0.3 is 5.32 Å². The molecule has 2 rings (SSSR count). The fraction of sp³-hybridized carbons (Fsp3) is 0.375. The van der Waals surface area contributed by atoms with Crippen LogP contribution in [0.1, 0.15) is 30.3 Å². The largest absolute Gasteiger partial charge is 0.370 e. The Morgan fingerprint density at radius 2 is 1.75 bits per heavy atom. The van der Waals surface area contributed by atoms with E-state index in [2.05, 4.69) is 60.3 Å². The number of aromatic nitrogens is 2. The number of hydrogen-bond acceptors (Lipinski definition) is 4. The summed E-state index contributed by atoms with van der Waals surface area (Å²) in [5, 5.41) is 4.40. The summed E-state index contributed by atoms with van der Waals surface area (Å²) in [5.41, 5.74) is 2.39. The average Bonchev–Trinajstić information content (AvgIpc) is 2.43. The van der Waals surface area contributed by atoms with Crippen molar-refractivity contribution in [1.82, 2.24) is 9.97 Å². The molecule has 106 valence electrons. The Hall–Kier alpha value is -1.55. The Balaban J connectivity index is 2.26. The van der Waals surface area contributed by atoms with Crippen molar-refractivity contribution in [3.63, 3.8) is 0 Å². The average molecular weight is 287 g/mol. The third-order valence-corrected chi connectivity index (χ3v) is 4.09. The van der Waals surface area contributed by atoms with E-state index in [4.69, 9.17) is 0 Å². The molecule has 0 radical (unpaired) electrons. The van der Waals surface area contributed by atoms with Gasteiger partial charge in [0.05, 0.1) is 0 Å². The molecule has 0 aliphatic heterocycles. The van der Waals surface area contributed by atoms with Gasteiger partial charge in [0.15, 0.2) is 0 Å². The van der Waals surface area contributed by atoms with Crippen molar-refractivity contribution in [3.05, 3.63) is 41.2 Å². The molecule has 0 unspecified atom stereocenters. The predicted molar refractivity (Wildman–Crippen MR) is 85.6 cm³/mol. The number of rotatable bonds is 5. The Bertz CT molecular complexity index is 579. The van der Waals surface area contributed by atoms with Crippen LogP contribution in [0, 0.1) is 20.8 Å². The summed E-state index contributed by atoms with van der Waals surface area (Å²) in [4.78, 5) is 10.3.